The van der Waals surface area contributed by atoms with Crippen molar-refractivity contribution in [3.63, 3.8) is 0 Å². The second-order valence-corrected chi connectivity index (χ2v) is 9.37. The standard InChI is InChI=1S/C27H25ClN4O3/c28-20-6-3-8-22-23(20)19(16-32(22)10-4-9-31-11-13-35-14-12-31)25-24(26(33)30-27(25)34)18-15-29-21-7-2-1-5-17(18)21/h1-3,5-8,15-16,29H,4,9-14H2,(H,30,33,34). The van der Waals surface area contributed by atoms with Crippen LogP contribution in [0.2, 0.25) is 5.02 Å². The molecule has 8 heteroatoms. The number of aromatic amines is 1. The molecule has 0 saturated carbocycles. The van der Waals surface area contributed by atoms with Crippen molar-refractivity contribution < 1.29 is 14.3 Å². The number of carbonyl (C=O) groups is 2. The summed E-state index contributed by atoms with van der Waals surface area (Å²) in [5.74, 6) is -0.794. The Morgan fingerprint density at radius 1 is 0.914 bits per heavy atom. The zero-order valence-electron chi connectivity index (χ0n) is 19.1. The number of morpholine rings is 1. The zero-order valence-corrected chi connectivity index (χ0v) is 19.9. The van der Waals surface area contributed by atoms with E-state index < -0.39 is 11.8 Å². The molecule has 2 aliphatic heterocycles. The number of aryl methyl sites for hydroxylation is 1. The van der Waals surface area contributed by atoms with Crippen LogP contribution in [0.1, 0.15) is 17.5 Å². The Balaban J connectivity index is 1.45. The van der Waals surface area contributed by atoms with Crippen molar-refractivity contribution in [2.24, 2.45) is 0 Å². The number of para-hydroxylation sites is 1. The third-order valence-corrected chi connectivity index (χ3v) is 7.21. The summed E-state index contributed by atoms with van der Waals surface area (Å²) in [5, 5.41) is 4.75. The number of nitrogens with zero attached hydrogens (tertiary/aromatic N) is 2. The Morgan fingerprint density at radius 2 is 1.69 bits per heavy atom. The molecule has 0 unspecified atom stereocenters. The minimum atomic E-state index is -0.400. The molecule has 4 heterocycles. The van der Waals surface area contributed by atoms with Crippen molar-refractivity contribution in [3.05, 3.63) is 71.0 Å². The summed E-state index contributed by atoms with van der Waals surface area (Å²) in [6.45, 7) is 5.21. The van der Waals surface area contributed by atoms with Crippen LogP contribution >= 0.6 is 11.6 Å². The van der Waals surface area contributed by atoms with E-state index in [0.717, 1.165) is 67.6 Å². The van der Waals surface area contributed by atoms with Crippen LogP contribution in [0.3, 0.4) is 0 Å². The van der Waals surface area contributed by atoms with E-state index in [2.05, 4.69) is 19.8 Å². The van der Waals surface area contributed by atoms with E-state index in [1.54, 1.807) is 6.20 Å². The van der Waals surface area contributed by atoms with Gasteiger partial charge in [-0.3, -0.25) is 19.8 Å². The number of aromatic nitrogens is 2. The highest BCUT2D eigenvalue weighted by Gasteiger charge is 2.35. The van der Waals surface area contributed by atoms with Crippen LogP contribution in [0.25, 0.3) is 33.0 Å². The lowest BCUT2D eigenvalue weighted by Gasteiger charge is -2.26. The summed E-state index contributed by atoms with van der Waals surface area (Å²) in [7, 11) is 0. The molecule has 1 saturated heterocycles. The molecular weight excluding hydrogens is 464 g/mol. The predicted octanol–water partition coefficient (Wildman–Crippen LogP) is 4.07. The summed E-state index contributed by atoms with van der Waals surface area (Å²) in [6, 6.07) is 13.5. The maximum Gasteiger partial charge on any atom is 0.259 e. The minimum Gasteiger partial charge on any atom is -0.379 e. The summed E-state index contributed by atoms with van der Waals surface area (Å²) >= 11 is 6.68. The molecule has 2 N–H and O–H groups in total. The van der Waals surface area contributed by atoms with Gasteiger partial charge >= 0.3 is 0 Å². The van der Waals surface area contributed by atoms with Gasteiger partial charge in [0.15, 0.2) is 0 Å². The van der Waals surface area contributed by atoms with Gasteiger partial charge in [0.2, 0.25) is 0 Å². The van der Waals surface area contributed by atoms with Gasteiger partial charge in [0.05, 0.1) is 34.9 Å². The van der Waals surface area contributed by atoms with Crippen molar-refractivity contribution in [1.29, 1.82) is 0 Å². The van der Waals surface area contributed by atoms with Gasteiger partial charge in [0, 0.05) is 66.0 Å². The van der Waals surface area contributed by atoms with Gasteiger partial charge in [-0.05, 0) is 24.6 Å². The van der Waals surface area contributed by atoms with Crippen LogP contribution < -0.4 is 5.32 Å². The van der Waals surface area contributed by atoms with E-state index in [0.29, 0.717) is 27.3 Å². The first-order valence-electron chi connectivity index (χ1n) is 11.9. The van der Waals surface area contributed by atoms with Crippen LogP contribution in [-0.4, -0.2) is 59.1 Å². The fourth-order valence-corrected chi connectivity index (χ4v) is 5.49. The lowest BCUT2D eigenvalue weighted by atomic mass is 9.95. The number of halogens is 1. The first-order valence-corrected chi connectivity index (χ1v) is 12.2. The normalized spacial score (nSPS) is 17.2. The van der Waals surface area contributed by atoms with Crippen LogP contribution in [0.15, 0.2) is 54.9 Å². The minimum absolute atomic E-state index is 0.366. The first-order chi connectivity index (χ1) is 17.1. The fraction of sp³-hybridized carbons (Fsp3) is 0.259. The Labute approximate surface area is 207 Å². The number of imide groups is 1. The highest BCUT2D eigenvalue weighted by atomic mass is 35.5. The third kappa shape index (κ3) is 3.86. The molecule has 2 amide bonds. The van der Waals surface area contributed by atoms with Crippen molar-refractivity contribution >= 4 is 56.4 Å². The summed E-state index contributed by atoms with van der Waals surface area (Å²) in [4.78, 5) is 31.8. The fourth-order valence-electron chi connectivity index (χ4n) is 5.22. The monoisotopic (exact) mass is 488 g/mol. The molecule has 0 bridgehead atoms. The molecule has 0 atom stereocenters. The smallest absolute Gasteiger partial charge is 0.259 e. The van der Waals surface area contributed by atoms with E-state index >= 15 is 0 Å². The Hall–Kier alpha value is -3.39. The molecule has 0 radical (unpaired) electrons. The average Bonchev–Trinajstić information content (AvgIpc) is 3.53. The van der Waals surface area contributed by atoms with Crippen molar-refractivity contribution in [3.8, 4) is 0 Å². The third-order valence-electron chi connectivity index (χ3n) is 6.89. The Kier molecular flexibility index (Phi) is 5.68. The van der Waals surface area contributed by atoms with Crippen molar-refractivity contribution in [1.82, 2.24) is 19.8 Å². The number of H-pyrrole nitrogens is 1. The van der Waals surface area contributed by atoms with Gasteiger partial charge in [-0.1, -0.05) is 35.9 Å². The maximum absolute atomic E-state index is 13.1. The van der Waals surface area contributed by atoms with Gasteiger partial charge in [-0.15, -0.1) is 0 Å². The molecule has 178 valence electrons. The number of hydrogen-bond donors (Lipinski definition) is 2. The molecule has 35 heavy (non-hydrogen) atoms. The zero-order chi connectivity index (χ0) is 23.9. The number of rotatable bonds is 6. The molecule has 1 fully saturated rings. The quantitative estimate of drug-likeness (QED) is 0.401. The number of nitrogens with one attached hydrogen (secondary N) is 2. The molecule has 4 aromatic rings. The highest BCUT2D eigenvalue weighted by Crippen LogP contribution is 2.40. The largest absolute Gasteiger partial charge is 0.379 e. The molecule has 2 aromatic carbocycles. The second-order valence-electron chi connectivity index (χ2n) is 8.96. The van der Waals surface area contributed by atoms with Gasteiger partial charge in [0.1, 0.15) is 0 Å². The van der Waals surface area contributed by atoms with Crippen molar-refractivity contribution in [2.45, 2.75) is 13.0 Å². The van der Waals surface area contributed by atoms with E-state index in [1.807, 2.05) is 48.7 Å². The predicted molar refractivity (Wildman–Crippen MR) is 137 cm³/mol. The summed E-state index contributed by atoms with van der Waals surface area (Å²) in [5.41, 5.74) is 3.99. The van der Waals surface area contributed by atoms with E-state index in [4.69, 9.17) is 16.3 Å². The lowest BCUT2D eigenvalue weighted by Crippen LogP contribution is -2.37. The Bertz CT molecular complexity index is 1490. The molecule has 0 spiro atoms. The van der Waals surface area contributed by atoms with Gasteiger partial charge in [-0.2, -0.15) is 0 Å². The molecule has 2 aliphatic rings. The van der Waals surface area contributed by atoms with Gasteiger partial charge in [0.25, 0.3) is 11.8 Å². The van der Waals surface area contributed by atoms with Crippen LogP contribution in [-0.2, 0) is 20.9 Å². The van der Waals surface area contributed by atoms with E-state index in [9.17, 15) is 9.59 Å². The molecule has 2 aromatic heterocycles. The average molecular weight is 489 g/mol. The van der Waals surface area contributed by atoms with Crippen molar-refractivity contribution in [2.75, 3.05) is 32.8 Å². The summed E-state index contributed by atoms with van der Waals surface area (Å²) in [6.07, 6.45) is 4.72. The lowest BCUT2D eigenvalue weighted by molar-refractivity contribution is -0.122. The Morgan fingerprint density at radius 3 is 2.51 bits per heavy atom. The number of amides is 2. The maximum atomic E-state index is 13.1. The number of hydrogen-bond acceptors (Lipinski definition) is 4. The number of fused-ring (bicyclic) bond motifs is 2. The second kappa shape index (κ2) is 9.00. The molecular formula is C27H25ClN4O3. The summed E-state index contributed by atoms with van der Waals surface area (Å²) < 4.78 is 7.59. The first kappa shape index (κ1) is 22.1. The van der Waals surface area contributed by atoms with E-state index in [1.165, 1.54) is 0 Å². The molecule has 6 rings (SSSR count). The highest BCUT2D eigenvalue weighted by molar-refractivity contribution is 6.51. The van der Waals surface area contributed by atoms with E-state index in [-0.39, 0.29) is 0 Å². The van der Waals surface area contributed by atoms with Gasteiger partial charge < -0.3 is 14.3 Å². The van der Waals surface area contributed by atoms with Crippen LogP contribution in [0.5, 0.6) is 0 Å². The topological polar surface area (TPSA) is 79.4 Å². The van der Waals surface area contributed by atoms with Crippen LogP contribution in [0.4, 0.5) is 0 Å². The van der Waals surface area contributed by atoms with Gasteiger partial charge in [-0.25, -0.2) is 0 Å². The van der Waals surface area contributed by atoms with Crippen LogP contribution in [0, 0.1) is 0 Å². The molecule has 0 aliphatic carbocycles. The number of benzene rings is 2. The molecule has 7 nitrogen and oxygen atoms in total. The number of carbonyl (C=O) groups excluding carboxylic acids is 2. The SMILES string of the molecule is O=C1NC(=O)C(c2cn(CCCN3CCOCC3)c3cccc(Cl)c23)=C1c1c[nH]c2ccccc12. The number of ether oxygens (including phenoxy) is 1.